The molecule has 136 valence electrons. The first-order valence-corrected chi connectivity index (χ1v) is 8.20. The molecule has 0 radical (unpaired) electrons. The SMILES string of the molecule is CN=C(NCCCCc1ccc([N+](=O)[O-])cc1)NCCC(C)C.I. The summed E-state index contributed by atoms with van der Waals surface area (Å²) in [7, 11) is 1.78. The standard InChI is InChI=1S/C17H28N4O2.HI/c1-14(2)11-13-20-17(18-3)19-12-5-4-6-15-7-9-16(10-8-15)21(22)23;/h7-10,14H,4-6,11-13H2,1-3H3,(H2,18,19,20);1H. The molecule has 0 fully saturated rings. The van der Waals surface area contributed by atoms with Crippen LogP contribution >= 0.6 is 24.0 Å². The molecule has 0 aliphatic heterocycles. The van der Waals surface area contributed by atoms with Crippen molar-refractivity contribution in [3.63, 3.8) is 0 Å². The van der Waals surface area contributed by atoms with Crippen molar-refractivity contribution in [1.29, 1.82) is 0 Å². The van der Waals surface area contributed by atoms with E-state index in [1.54, 1.807) is 19.2 Å². The summed E-state index contributed by atoms with van der Waals surface area (Å²) in [5.74, 6) is 1.53. The smallest absolute Gasteiger partial charge is 0.269 e. The number of aliphatic imine (C=N–C) groups is 1. The molecule has 0 aromatic heterocycles. The van der Waals surface area contributed by atoms with Crippen molar-refractivity contribution in [2.75, 3.05) is 20.1 Å². The molecule has 2 N–H and O–H groups in total. The minimum Gasteiger partial charge on any atom is -0.356 e. The van der Waals surface area contributed by atoms with Gasteiger partial charge in [-0.2, -0.15) is 0 Å². The van der Waals surface area contributed by atoms with Crippen LogP contribution in [-0.4, -0.2) is 31.0 Å². The van der Waals surface area contributed by atoms with Crippen LogP contribution in [0.4, 0.5) is 5.69 Å². The number of halogens is 1. The molecule has 1 aromatic rings. The van der Waals surface area contributed by atoms with Crippen molar-refractivity contribution >= 4 is 35.6 Å². The van der Waals surface area contributed by atoms with Gasteiger partial charge in [-0.25, -0.2) is 0 Å². The van der Waals surface area contributed by atoms with Gasteiger partial charge in [0.1, 0.15) is 0 Å². The van der Waals surface area contributed by atoms with Crippen LogP contribution in [-0.2, 0) is 6.42 Å². The Morgan fingerprint density at radius 2 is 1.79 bits per heavy atom. The maximum Gasteiger partial charge on any atom is 0.269 e. The van der Waals surface area contributed by atoms with E-state index in [-0.39, 0.29) is 34.6 Å². The molecule has 0 saturated carbocycles. The molecule has 24 heavy (non-hydrogen) atoms. The lowest BCUT2D eigenvalue weighted by molar-refractivity contribution is -0.384. The average molecular weight is 448 g/mol. The van der Waals surface area contributed by atoms with Crippen molar-refractivity contribution in [3.05, 3.63) is 39.9 Å². The molecular weight excluding hydrogens is 419 g/mol. The Balaban J connectivity index is 0.00000529. The molecule has 0 atom stereocenters. The Bertz CT molecular complexity index is 504. The van der Waals surface area contributed by atoms with Crippen molar-refractivity contribution in [2.45, 2.75) is 39.5 Å². The van der Waals surface area contributed by atoms with Gasteiger partial charge in [-0.3, -0.25) is 15.1 Å². The minimum absolute atomic E-state index is 0. The van der Waals surface area contributed by atoms with Gasteiger partial charge in [-0.05, 0) is 37.2 Å². The molecule has 1 rings (SSSR count). The van der Waals surface area contributed by atoms with Crippen molar-refractivity contribution in [1.82, 2.24) is 10.6 Å². The number of non-ortho nitro benzene ring substituents is 1. The van der Waals surface area contributed by atoms with Gasteiger partial charge in [-0.1, -0.05) is 26.0 Å². The second-order valence-electron chi connectivity index (χ2n) is 5.99. The lowest BCUT2D eigenvalue weighted by atomic mass is 10.1. The zero-order chi connectivity index (χ0) is 17.1. The number of aryl methyl sites for hydroxylation is 1. The number of unbranched alkanes of at least 4 members (excludes halogenated alkanes) is 1. The van der Waals surface area contributed by atoms with Gasteiger partial charge in [-0.15, -0.1) is 24.0 Å². The highest BCUT2D eigenvalue weighted by atomic mass is 127. The van der Waals surface area contributed by atoms with Crippen LogP contribution in [0.15, 0.2) is 29.3 Å². The zero-order valence-electron chi connectivity index (χ0n) is 14.7. The molecule has 0 amide bonds. The van der Waals surface area contributed by atoms with Crippen molar-refractivity contribution < 1.29 is 4.92 Å². The summed E-state index contributed by atoms with van der Waals surface area (Å²) in [6.07, 6.45) is 4.12. The molecule has 0 spiro atoms. The predicted octanol–water partition coefficient (Wildman–Crippen LogP) is 3.75. The zero-order valence-corrected chi connectivity index (χ0v) is 17.1. The van der Waals surface area contributed by atoms with Crippen LogP contribution in [0.3, 0.4) is 0 Å². The summed E-state index contributed by atoms with van der Waals surface area (Å²) in [6, 6.07) is 6.79. The Labute approximate surface area is 161 Å². The van der Waals surface area contributed by atoms with Crippen LogP contribution in [0, 0.1) is 16.0 Å². The number of rotatable bonds is 9. The van der Waals surface area contributed by atoms with E-state index in [2.05, 4.69) is 29.5 Å². The molecule has 7 heteroatoms. The largest absolute Gasteiger partial charge is 0.356 e. The van der Waals surface area contributed by atoms with E-state index < -0.39 is 0 Å². The van der Waals surface area contributed by atoms with E-state index in [4.69, 9.17) is 0 Å². The molecule has 0 bridgehead atoms. The fourth-order valence-corrected chi connectivity index (χ4v) is 2.15. The van der Waals surface area contributed by atoms with Crippen LogP contribution in [0.1, 0.15) is 38.7 Å². The Hall–Kier alpha value is -1.38. The summed E-state index contributed by atoms with van der Waals surface area (Å²) in [6.45, 7) is 6.21. The number of benzene rings is 1. The first-order chi connectivity index (χ1) is 11.0. The second-order valence-corrected chi connectivity index (χ2v) is 5.99. The van der Waals surface area contributed by atoms with Gasteiger partial charge in [0.25, 0.3) is 5.69 Å². The van der Waals surface area contributed by atoms with Crippen LogP contribution < -0.4 is 10.6 Å². The molecule has 1 aromatic carbocycles. The summed E-state index contributed by atoms with van der Waals surface area (Å²) in [5, 5.41) is 17.2. The minimum atomic E-state index is -0.369. The lowest BCUT2D eigenvalue weighted by Crippen LogP contribution is -2.38. The third-order valence-corrected chi connectivity index (χ3v) is 3.57. The topological polar surface area (TPSA) is 79.6 Å². The second kappa shape index (κ2) is 13.0. The number of hydrogen-bond acceptors (Lipinski definition) is 3. The maximum absolute atomic E-state index is 10.6. The number of nitrogens with one attached hydrogen (secondary N) is 2. The molecule has 0 aliphatic carbocycles. The molecule has 6 nitrogen and oxygen atoms in total. The first kappa shape index (κ1) is 22.6. The molecule has 0 aliphatic rings. The summed E-state index contributed by atoms with van der Waals surface area (Å²) < 4.78 is 0. The van der Waals surface area contributed by atoms with Gasteiger partial charge < -0.3 is 10.6 Å². The molecule has 0 heterocycles. The van der Waals surface area contributed by atoms with E-state index in [0.29, 0.717) is 5.92 Å². The molecular formula is C17H29IN4O2. The number of nitro groups is 1. The Morgan fingerprint density at radius 3 is 2.33 bits per heavy atom. The quantitative estimate of drug-likeness (QED) is 0.151. The molecule has 0 saturated heterocycles. The van der Waals surface area contributed by atoms with Crippen molar-refractivity contribution in [3.8, 4) is 0 Å². The third kappa shape index (κ3) is 9.69. The average Bonchev–Trinajstić information content (AvgIpc) is 2.53. The lowest BCUT2D eigenvalue weighted by Gasteiger charge is -2.12. The van der Waals surface area contributed by atoms with Gasteiger partial charge in [0.2, 0.25) is 0 Å². The summed E-state index contributed by atoms with van der Waals surface area (Å²) in [5.41, 5.74) is 1.28. The fraction of sp³-hybridized carbons (Fsp3) is 0.588. The van der Waals surface area contributed by atoms with Crippen LogP contribution in [0.5, 0.6) is 0 Å². The highest BCUT2D eigenvalue weighted by Crippen LogP contribution is 2.13. The van der Waals surface area contributed by atoms with E-state index >= 15 is 0 Å². The highest BCUT2D eigenvalue weighted by Gasteiger charge is 2.03. The predicted molar refractivity (Wildman–Crippen MR) is 110 cm³/mol. The fourth-order valence-electron chi connectivity index (χ4n) is 2.15. The van der Waals surface area contributed by atoms with Crippen LogP contribution in [0.2, 0.25) is 0 Å². The van der Waals surface area contributed by atoms with Gasteiger partial charge in [0, 0.05) is 32.3 Å². The first-order valence-electron chi connectivity index (χ1n) is 8.20. The number of nitro benzene ring substituents is 1. The number of guanidine groups is 1. The monoisotopic (exact) mass is 448 g/mol. The van der Waals surface area contributed by atoms with E-state index in [1.807, 2.05) is 12.1 Å². The molecule has 0 unspecified atom stereocenters. The summed E-state index contributed by atoms with van der Waals surface area (Å²) in [4.78, 5) is 14.4. The van der Waals surface area contributed by atoms with Gasteiger partial charge in [0.05, 0.1) is 4.92 Å². The highest BCUT2D eigenvalue weighted by molar-refractivity contribution is 14.0. The van der Waals surface area contributed by atoms with E-state index in [1.165, 1.54) is 0 Å². The number of nitrogens with zero attached hydrogens (tertiary/aromatic N) is 2. The maximum atomic E-state index is 10.6. The third-order valence-electron chi connectivity index (χ3n) is 3.57. The van der Waals surface area contributed by atoms with Crippen LogP contribution in [0.25, 0.3) is 0 Å². The Kier molecular flexibility index (Phi) is 12.2. The normalized spacial score (nSPS) is 11.1. The van der Waals surface area contributed by atoms with E-state index in [0.717, 1.165) is 50.3 Å². The van der Waals surface area contributed by atoms with Gasteiger partial charge >= 0.3 is 0 Å². The summed E-state index contributed by atoms with van der Waals surface area (Å²) >= 11 is 0. The van der Waals surface area contributed by atoms with Gasteiger partial charge in [0.15, 0.2) is 5.96 Å². The van der Waals surface area contributed by atoms with Crippen molar-refractivity contribution in [2.24, 2.45) is 10.9 Å². The van der Waals surface area contributed by atoms with E-state index in [9.17, 15) is 10.1 Å². The Morgan fingerprint density at radius 1 is 1.17 bits per heavy atom. The number of hydrogen-bond donors (Lipinski definition) is 2.